The van der Waals surface area contributed by atoms with Crippen LogP contribution < -0.4 is 10.6 Å². The van der Waals surface area contributed by atoms with Gasteiger partial charge in [-0.1, -0.05) is 19.1 Å². The third-order valence-electron chi connectivity index (χ3n) is 5.32. The van der Waals surface area contributed by atoms with Crippen molar-refractivity contribution < 1.29 is 9.18 Å². The summed E-state index contributed by atoms with van der Waals surface area (Å²) in [6.07, 6.45) is 4.57. The highest BCUT2D eigenvalue weighted by atomic mass is 35.5. The number of amides is 1. The number of hydrogen-bond acceptors (Lipinski definition) is 3. The molecule has 1 aromatic rings. The molecule has 1 unspecified atom stereocenters. The maximum absolute atomic E-state index is 13.5. The summed E-state index contributed by atoms with van der Waals surface area (Å²) in [6, 6.07) is 7.08. The lowest BCUT2D eigenvalue weighted by molar-refractivity contribution is -0.124. The first-order valence-electron chi connectivity index (χ1n) is 9.11. The molecule has 6 heteroatoms. The van der Waals surface area contributed by atoms with Crippen LogP contribution in [0.2, 0.25) is 0 Å². The standard InChI is InChI=1S/C19H28FN3O.ClH/c1-14-5-7-17(8-6-14)22-19(24)13-23-10-9-21-12-18(23)15-3-2-4-16(20)11-15;/h2-4,11,14,17-18,21H,5-10,12-13H2,1H3,(H,22,24);1H. The third kappa shape index (κ3) is 5.66. The molecule has 2 fully saturated rings. The molecule has 1 amide bonds. The lowest BCUT2D eigenvalue weighted by Gasteiger charge is -2.36. The van der Waals surface area contributed by atoms with E-state index in [2.05, 4.69) is 22.5 Å². The Morgan fingerprint density at radius 1 is 1.32 bits per heavy atom. The fourth-order valence-corrected chi connectivity index (χ4v) is 3.84. The van der Waals surface area contributed by atoms with Crippen molar-refractivity contribution in [1.29, 1.82) is 0 Å². The van der Waals surface area contributed by atoms with Gasteiger partial charge in [0.05, 0.1) is 6.54 Å². The molecule has 0 bridgehead atoms. The van der Waals surface area contributed by atoms with Gasteiger partial charge in [-0.2, -0.15) is 0 Å². The minimum Gasteiger partial charge on any atom is -0.352 e. The normalized spacial score (nSPS) is 27.4. The Labute approximate surface area is 156 Å². The van der Waals surface area contributed by atoms with Gasteiger partial charge in [0.25, 0.3) is 0 Å². The van der Waals surface area contributed by atoms with Gasteiger partial charge >= 0.3 is 0 Å². The predicted molar refractivity (Wildman–Crippen MR) is 100 cm³/mol. The first-order chi connectivity index (χ1) is 11.6. The second kappa shape index (κ2) is 9.51. The molecule has 2 aliphatic rings. The van der Waals surface area contributed by atoms with E-state index < -0.39 is 0 Å². The Balaban J connectivity index is 0.00000225. The minimum atomic E-state index is -0.223. The lowest BCUT2D eigenvalue weighted by Crippen LogP contribution is -2.50. The molecule has 0 radical (unpaired) electrons. The average molecular weight is 370 g/mol. The van der Waals surface area contributed by atoms with Crippen molar-refractivity contribution in [3.8, 4) is 0 Å². The molecular weight excluding hydrogens is 341 g/mol. The van der Waals surface area contributed by atoms with Crippen molar-refractivity contribution in [3.63, 3.8) is 0 Å². The van der Waals surface area contributed by atoms with Crippen molar-refractivity contribution in [2.24, 2.45) is 5.92 Å². The number of rotatable bonds is 4. The largest absolute Gasteiger partial charge is 0.352 e. The summed E-state index contributed by atoms with van der Waals surface area (Å²) in [7, 11) is 0. The predicted octanol–water partition coefficient (Wildman–Crippen LogP) is 2.89. The zero-order chi connectivity index (χ0) is 16.9. The van der Waals surface area contributed by atoms with Gasteiger partial charge < -0.3 is 10.6 Å². The van der Waals surface area contributed by atoms with Crippen molar-refractivity contribution in [2.75, 3.05) is 26.2 Å². The molecule has 3 rings (SSSR count). The van der Waals surface area contributed by atoms with E-state index in [9.17, 15) is 9.18 Å². The molecule has 1 atom stereocenters. The van der Waals surface area contributed by atoms with Crippen molar-refractivity contribution in [3.05, 3.63) is 35.6 Å². The van der Waals surface area contributed by atoms with Gasteiger partial charge in [-0.3, -0.25) is 9.69 Å². The van der Waals surface area contributed by atoms with Crippen LogP contribution in [0.4, 0.5) is 4.39 Å². The lowest BCUT2D eigenvalue weighted by atomic mass is 9.87. The van der Waals surface area contributed by atoms with E-state index >= 15 is 0 Å². The van der Waals surface area contributed by atoms with E-state index in [4.69, 9.17) is 0 Å². The van der Waals surface area contributed by atoms with E-state index in [-0.39, 0.29) is 30.2 Å². The molecule has 1 aliphatic carbocycles. The maximum atomic E-state index is 13.5. The molecule has 1 heterocycles. The smallest absolute Gasteiger partial charge is 0.234 e. The van der Waals surface area contributed by atoms with Crippen LogP contribution in [-0.4, -0.2) is 43.0 Å². The van der Waals surface area contributed by atoms with Gasteiger partial charge in [0.1, 0.15) is 5.82 Å². The second-order valence-electron chi connectivity index (χ2n) is 7.27. The Bertz CT molecular complexity index is 563. The van der Waals surface area contributed by atoms with E-state index in [1.807, 2.05) is 6.07 Å². The summed E-state index contributed by atoms with van der Waals surface area (Å²) in [6.45, 7) is 5.07. The van der Waals surface area contributed by atoms with E-state index in [1.165, 1.54) is 18.9 Å². The molecule has 2 N–H and O–H groups in total. The molecule has 1 saturated heterocycles. The van der Waals surface area contributed by atoms with Crippen LogP contribution in [0.25, 0.3) is 0 Å². The molecule has 1 aromatic carbocycles. The number of hydrogen-bond donors (Lipinski definition) is 2. The molecular formula is C19H29ClFN3O. The van der Waals surface area contributed by atoms with Crippen LogP contribution in [0.15, 0.2) is 24.3 Å². The van der Waals surface area contributed by atoms with Crippen LogP contribution in [0.3, 0.4) is 0 Å². The number of benzene rings is 1. The summed E-state index contributed by atoms with van der Waals surface area (Å²) in [5.74, 6) is 0.653. The third-order valence-corrected chi connectivity index (χ3v) is 5.32. The van der Waals surface area contributed by atoms with Crippen molar-refractivity contribution in [2.45, 2.75) is 44.7 Å². The number of carbonyl (C=O) groups is 1. The minimum absolute atomic E-state index is 0. The SMILES string of the molecule is CC1CCC(NC(=O)CN2CCNCC2c2cccc(F)c2)CC1.Cl. The van der Waals surface area contributed by atoms with E-state index in [0.717, 1.165) is 44.0 Å². The number of nitrogens with zero attached hydrogens (tertiary/aromatic N) is 1. The van der Waals surface area contributed by atoms with Crippen LogP contribution in [0.1, 0.15) is 44.2 Å². The summed E-state index contributed by atoms with van der Waals surface area (Å²) in [5, 5.41) is 6.54. The highest BCUT2D eigenvalue weighted by Crippen LogP contribution is 2.24. The van der Waals surface area contributed by atoms with Gasteiger partial charge in [-0.05, 0) is 49.3 Å². The van der Waals surface area contributed by atoms with Gasteiger partial charge in [0.2, 0.25) is 5.91 Å². The monoisotopic (exact) mass is 369 g/mol. The summed E-state index contributed by atoms with van der Waals surface area (Å²) >= 11 is 0. The number of nitrogens with one attached hydrogen (secondary N) is 2. The maximum Gasteiger partial charge on any atom is 0.234 e. The summed E-state index contributed by atoms with van der Waals surface area (Å²) in [4.78, 5) is 14.6. The van der Waals surface area contributed by atoms with Crippen LogP contribution in [0.5, 0.6) is 0 Å². The number of piperazine rings is 1. The van der Waals surface area contributed by atoms with Gasteiger partial charge in [-0.25, -0.2) is 4.39 Å². The van der Waals surface area contributed by atoms with Gasteiger partial charge in [0.15, 0.2) is 0 Å². The summed E-state index contributed by atoms with van der Waals surface area (Å²) in [5.41, 5.74) is 0.932. The molecule has 25 heavy (non-hydrogen) atoms. The molecule has 1 aliphatic heterocycles. The average Bonchev–Trinajstić information content (AvgIpc) is 2.57. The van der Waals surface area contributed by atoms with E-state index in [1.54, 1.807) is 12.1 Å². The zero-order valence-corrected chi connectivity index (χ0v) is 15.7. The van der Waals surface area contributed by atoms with Gasteiger partial charge in [-0.15, -0.1) is 12.4 Å². The second-order valence-corrected chi connectivity index (χ2v) is 7.27. The molecule has 0 aromatic heterocycles. The number of halogens is 2. The zero-order valence-electron chi connectivity index (χ0n) is 14.8. The Hall–Kier alpha value is -1.17. The highest BCUT2D eigenvalue weighted by Gasteiger charge is 2.27. The number of carbonyl (C=O) groups excluding carboxylic acids is 1. The molecule has 4 nitrogen and oxygen atoms in total. The van der Waals surface area contributed by atoms with Crippen molar-refractivity contribution >= 4 is 18.3 Å². The fourth-order valence-electron chi connectivity index (χ4n) is 3.84. The van der Waals surface area contributed by atoms with Crippen molar-refractivity contribution in [1.82, 2.24) is 15.5 Å². The first-order valence-corrected chi connectivity index (χ1v) is 9.11. The van der Waals surface area contributed by atoms with Gasteiger partial charge in [0, 0.05) is 31.7 Å². The molecule has 1 saturated carbocycles. The first kappa shape index (κ1) is 20.1. The molecule has 140 valence electrons. The Kier molecular flexibility index (Phi) is 7.66. The quantitative estimate of drug-likeness (QED) is 0.857. The van der Waals surface area contributed by atoms with Crippen LogP contribution in [-0.2, 0) is 4.79 Å². The highest BCUT2D eigenvalue weighted by molar-refractivity contribution is 5.85. The Morgan fingerprint density at radius 3 is 2.80 bits per heavy atom. The fraction of sp³-hybridized carbons (Fsp3) is 0.632. The Morgan fingerprint density at radius 2 is 2.08 bits per heavy atom. The molecule has 0 spiro atoms. The van der Waals surface area contributed by atoms with E-state index in [0.29, 0.717) is 12.6 Å². The van der Waals surface area contributed by atoms with Crippen LogP contribution in [0, 0.1) is 11.7 Å². The van der Waals surface area contributed by atoms with Crippen LogP contribution >= 0.6 is 12.4 Å². The topological polar surface area (TPSA) is 44.4 Å². The summed E-state index contributed by atoms with van der Waals surface area (Å²) < 4.78 is 13.5.